The Labute approximate surface area is 119 Å². The maximum Gasteiger partial charge on any atom is 0.230 e. The third-order valence-electron chi connectivity index (χ3n) is 4.50. The van der Waals surface area contributed by atoms with E-state index in [9.17, 15) is 4.79 Å². The fourth-order valence-corrected chi connectivity index (χ4v) is 3.66. The minimum Gasteiger partial charge on any atom is -0.342 e. The van der Waals surface area contributed by atoms with Crippen LogP contribution in [0.5, 0.6) is 0 Å². The van der Waals surface area contributed by atoms with Gasteiger partial charge >= 0.3 is 0 Å². The van der Waals surface area contributed by atoms with Crippen molar-refractivity contribution in [1.82, 2.24) is 4.90 Å². The van der Waals surface area contributed by atoms with E-state index in [4.69, 9.17) is 11.6 Å². The predicted molar refractivity (Wildman–Crippen MR) is 77.5 cm³/mol. The van der Waals surface area contributed by atoms with Crippen LogP contribution in [-0.2, 0) is 11.2 Å². The summed E-state index contributed by atoms with van der Waals surface area (Å²) in [6, 6.07) is 8.31. The van der Waals surface area contributed by atoms with Crippen molar-refractivity contribution in [3.8, 4) is 0 Å². The van der Waals surface area contributed by atoms with Crippen molar-refractivity contribution in [2.45, 2.75) is 31.6 Å². The molecule has 0 radical (unpaired) electrons. The van der Waals surface area contributed by atoms with Crippen LogP contribution in [0, 0.1) is 5.92 Å². The van der Waals surface area contributed by atoms with Gasteiger partial charge in [-0.15, -0.1) is 11.6 Å². The molecule has 0 saturated carbocycles. The van der Waals surface area contributed by atoms with Crippen LogP contribution < -0.4 is 0 Å². The van der Waals surface area contributed by atoms with Gasteiger partial charge in [-0.2, -0.15) is 0 Å². The molecule has 102 valence electrons. The number of nitrogens with zero attached hydrogens (tertiary/aromatic N) is 1. The summed E-state index contributed by atoms with van der Waals surface area (Å²) >= 11 is 5.83. The number of hydrogen-bond donors (Lipinski definition) is 0. The quantitative estimate of drug-likeness (QED) is 0.777. The van der Waals surface area contributed by atoms with Gasteiger partial charge in [0.05, 0.1) is 5.92 Å². The predicted octanol–water partition coefficient (Wildman–Crippen LogP) is 3.19. The van der Waals surface area contributed by atoms with Crippen LogP contribution >= 0.6 is 11.6 Å². The van der Waals surface area contributed by atoms with Gasteiger partial charge in [0.15, 0.2) is 0 Å². The number of carbonyl (C=O) groups excluding carboxylic acids is 1. The van der Waals surface area contributed by atoms with Gasteiger partial charge in [-0.05, 0) is 42.7 Å². The maximum absolute atomic E-state index is 12.6. The molecule has 1 aliphatic heterocycles. The number of amides is 1. The molecule has 0 aromatic heterocycles. The summed E-state index contributed by atoms with van der Waals surface area (Å²) in [5.74, 6) is 1.76. The summed E-state index contributed by atoms with van der Waals surface area (Å²) in [7, 11) is 0. The van der Waals surface area contributed by atoms with Crippen LogP contribution in [0.4, 0.5) is 0 Å². The van der Waals surface area contributed by atoms with E-state index in [2.05, 4.69) is 23.1 Å². The molecule has 1 heterocycles. The Morgan fingerprint density at radius 2 is 2.21 bits per heavy atom. The highest BCUT2D eigenvalue weighted by molar-refractivity contribution is 6.17. The van der Waals surface area contributed by atoms with E-state index in [-0.39, 0.29) is 5.92 Å². The van der Waals surface area contributed by atoms with E-state index >= 15 is 0 Å². The second-order valence-corrected chi connectivity index (χ2v) is 6.10. The highest BCUT2D eigenvalue weighted by Gasteiger charge is 2.36. The normalized spacial score (nSPS) is 25.6. The number of piperidine rings is 1. The number of carbonyl (C=O) groups is 1. The van der Waals surface area contributed by atoms with Crippen molar-refractivity contribution in [3.05, 3.63) is 35.4 Å². The van der Waals surface area contributed by atoms with Gasteiger partial charge in [-0.25, -0.2) is 0 Å². The molecule has 1 fully saturated rings. The first-order chi connectivity index (χ1) is 9.29. The van der Waals surface area contributed by atoms with Crippen LogP contribution in [0.3, 0.4) is 0 Å². The Bertz CT molecular complexity index is 472. The van der Waals surface area contributed by atoms with Crippen molar-refractivity contribution in [1.29, 1.82) is 0 Å². The number of benzene rings is 1. The minimum atomic E-state index is 0.117. The van der Waals surface area contributed by atoms with Gasteiger partial charge in [-0.1, -0.05) is 24.3 Å². The third-order valence-corrected chi connectivity index (χ3v) is 4.72. The van der Waals surface area contributed by atoms with Crippen molar-refractivity contribution >= 4 is 17.5 Å². The molecule has 2 aliphatic rings. The summed E-state index contributed by atoms with van der Waals surface area (Å²) in [5.41, 5.74) is 2.59. The summed E-state index contributed by atoms with van der Waals surface area (Å²) in [5, 5.41) is 0. The molecule has 0 bridgehead atoms. The lowest BCUT2D eigenvalue weighted by molar-refractivity contribution is -0.135. The van der Waals surface area contributed by atoms with Gasteiger partial charge in [0.25, 0.3) is 0 Å². The Kier molecular flexibility index (Phi) is 3.79. The van der Waals surface area contributed by atoms with E-state index in [1.807, 2.05) is 6.07 Å². The van der Waals surface area contributed by atoms with E-state index < -0.39 is 0 Å². The average Bonchev–Trinajstić information content (AvgIpc) is 2.41. The van der Waals surface area contributed by atoms with E-state index in [1.165, 1.54) is 17.5 Å². The largest absolute Gasteiger partial charge is 0.342 e. The Balaban J connectivity index is 1.65. The van der Waals surface area contributed by atoms with E-state index in [0.29, 0.717) is 17.7 Å². The number of halogens is 1. The molecule has 3 heteroatoms. The summed E-state index contributed by atoms with van der Waals surface area (Å²) in [6.07, 6.45) is 4.30. The number of rotatable bonds is 3. The third kappa shape index (κ3) is 2.51. The second-order valence-electron chi connectivity index (χ2n) is 5.73. The van der Waals surface area contributed by atoms with E-state index in [1.54, 1.807) is 0 Å². The maximum atomic E-state index is 12.6. The Hall–Kier alpha value is -1.02. The number of likely N-dealkylation sites (tertiary alicyclic amines) is 1. The van der Waals surface area contributed by atoms with Crippen molar-refractivity contribution in [2.24, 2.45) is 5.92 Å². The zero-order chi connectivity index (χ0) is 13.2. The summed E-state index contributed by atoms with van der Waals surface area (Å²) in [6.45, 7) is 1.83. The summed E-state index contributed by atoms with van der Waals surface area (Å²) < 4.78 is 0. The molecule has 1 saturated heterocycles. The molecule has 19 heavy (non-hydrogen) atoms. The highest BCUT2D eigenvalue weighted by atomic mass is 35.5. The fourth-order valence-electron chi connectivity index (χ4n) is 3.35. The lowest BCUT2D eigenvalue weighted by Crippen LogP contribution is -2.44. The van der Waals surface area contributed by atoms with Crippen LogP contribution in [0.2, 0.25) is 0 Å². The fraction of sp³-hybridized carbons (Fsp3) is 0.562. The molecule has 2 nitrogen and oxygen atoms in total. The highest BCUT2D eigenvalue weighted by Crippen LogP contribution is 2.37. The first-order valence-electron chi connectivity index (χ1n) is 7.22. The molecule has 1 aromatic rings. The molecule has 0 N–H and O–H groups in total. The molecule has 3 rings (SSSR count). The zero-order valence-corrected chi connectivity index (χ0v) is 11.9. The van der Waals surface area contributed by atoms with E-state index in [0.717, 1.165) is 32.4 Å². The van der Waals surface area contributed by atoms with Gasteiger partial charge < -0.3 is 4.90 Å². The first-order valence-corrected chi connectivity index (χ1v) is 7.75. The molecule has 2 unspecified atom stereocenters. The number of alkyl halides is 1. The average molecular weight is 278 g/mol. The molecule has 0 spiro atoms. The minimum absolute atomic E-state index is 0.117. The SMILES string of the molecule is O=C(C1Cc2ccccc21)N1CCCC(CCCl)C1. The Morgan fingerprint density at radius 3 is 3.00 bits per heavy atom. The van der Waals surface area contributed by atoms with Crippen molar-refractivity contribution in [2.75, 3.05) is 19.0 Å². The lowest BCUT2D eigenvalue weighted by atomic mass is 9.76. The van der Waals surface area contributed by atoms with Crippen LogP contribution in [0.15, 0.2) is 24.3 Å². The lowest BCUT2D eigenvalue weighted by Gasteiger charge is -2.38. The van der Waals surface area contributed by atoms with Crippen LogP contribution in [-0.4, -0.2) is 29.8 Å². The molecule has 1 aliphatic carbocycles. The van der Waals surface area contributed by atoms with Gasteiger partial charge in [-0.3, -0.25) is 4.79 Å². The van der Waals surface area contributed by atoms with Gasteiger partial charge in [0, 0.05) is 19.0 Å². The smallest absolute Gasteiger partial charge is 0.230 e. The topological polar surface area (TPSA) is 20.3 Å². The number of fused-ring (bicyclic) bond motifs is 1. The summed E-state index contributed by atoms with van der Waals surface area (Å²) in [4.78, 5) is 14.7. The molecular formula is C16H20ClNO. The van der Waals surface area contributed by atoms with Gasteiger partial charge in [0.2, 0.25) is 5.91 Å². The molecule has 1 aromatic carbocycles. The Morgan fingerprint density at radius 1 is 1.37 bits per heavy atom. The van der Waals surface area contributed by atoms with Crippen LogP contribution in [0.1, 0.15) is 36.3 Å². The molecule has 1 amide bonds. The number of hydrogen-bond acceptors (Lipinski definition) is 1. The molecule has 2 atom stereocenters. The standard InChI is InChI=1S/C16H20ClNO/c17-8-7-12-4-3-9-18(11-12)16(19)15-10-13-5-1-2-6-14(13)15/h1-2,5-6,12,15H,3-4,7-11H2. The monoisotopic (exact) mass is 277 g/mol. The first kappa shape index (κ1) is 13.0. The van der Waals surface area contributed by atoms with Crippen molar-refractivity contribution in [3.63, 3.8) is 0 Å². The van der Waals surface area contributed by atoms with Gasteiger partial charge in [0.1, 0.15) is 0 Å². The van der Waals surface area contributed by atoms with Crippen molar-refractivity contribution < 1.29 is 4.79 Å². The zero-order valence-electron chi connectivity index (χ0n) is 11.1. The molecular weight excluding hydrogens is 258 g/mol. The van der Waals surface area contributed by atoms with Crippen LogP contribution in [0.25, 0.3) is 0 Å². The second kappa shape index (κ2) is 5.54.